The molecule has 2 heterocycles. The first kappa shape index (κ1) is 15.4. The van der Waals surface area contributed by atoms with E-state index in [9.17, 15) is 4.79 Å². The number of carbonyl (C=O) groups is 1. The Bertz CT molecular complexity index is 542. The molecule has 5 heteroatoms. The Balaban J connectivity index is 1.58. The predicted molar refractivity (Wildman–Crippen MR) is 84.7 cm³/mol. The summed E-state index contributed by atoms with van der Waals surface area (Å²) in [6.07, 6.45) is 3.69. The first-order valence-electron chi connectivity index (χ1n) is 8.18. The van der Waals surface area contributed by atoms with Crippen molar-refractivity contribution in [1.82, 2.24) is 15.2 Å². The van der Waals surface area contributed by atoms with Gasteiger partial charge in [-0.3, -0.25) is 14.7 Å². The monoisotopic (exact) mass is 303 g/mol. The normalized spacial score (nSPS) is 24.0. The zero-order valence-corrected chi connectivity index (χ0v) is 13.5. The molecule has 1 saturated heterocycles. The van der Waals surface area contributed by atoms with Crippen LogP contribution in [0, 0.1) is 6.92 Å². The highest BCUT2D eigenvalue weighted by atomic mass is 16.5. The highest BCUT2D eigenvalue weighted by molar-refractivity contribution is 5.81. The number of carbonyl (C=O) groups excluding carboxylic acids is 1. The van der Waals surface area contributed by atoms with Crippen LogP contribution in [0.1, 0.15) is 31.0 Å². The molecule has 1 atom stereocenters. The molecule has 2 fully saturated rings. The number of nitrogens with one attached hydrogen (secondary N) is 1. The van der Waals surface area contributed by atoms with E-state index in [2.05, 4.69) is 35.1 Å². The van der Waals surface area contributed by atoms with Crippen LogP contribution in [0.25, 0.3) is 0 Å². The lowest BCUT2D eigenvalue weighted by molar-refractivity contribution is -0.138. The van der Waals surface area contributed by atoms with Gasteiger partial charge in [0, 0.05) is 31.2 Å². The average molecular weight is 303 g/mol. The van der Waals surface area contributed by atoms with Gasteiger partial charge in [-0.1, -0.05) is 13.0 Å². The van der Waals surface area contributed by atoms with E-state index in [4.69, 9.17) is 4.74 Å². The summed E-state index contributed by atoms with van der Waals surface area (Å²) in [4.78, 5) is 19.2. The maximum absolute atomic E-state index is 12.4. The van der Waals surface area contributed by atoms with Gasteiger partial charge in [-0.15, -0.1) is 0 Å². The number of ether oxygens (including phenoxy) is 1. The number of aromatic nitrogens is 1. The zero-order chi connectivity index (χ0) is 15.6. The summed E-state index contributed by atoms with van der Waals surface area (Å²) in [5.41, 5.74) is 2.38. The fourth-order valence-electron chi connectivity index (χ4n) is 3.21. The Kier molecular flexibility index (Phi) is 4.45. The van der Waals surface area contributed by atoms with Gasteiger partial charge in [0.15, 0.2) is 0 Å². The summed E-state index contributed by atoms with van der Waals surface area (Å²) in [5, 5.41) is 3.09. The third kappa shape index (κ3) is 3.15. The molecule has 2 aliphatic rings. The second kappa shape index (κ2) is 6.34. The van der Waals surface area contributed by atoms with E-state index in [0.717, 1.165) is 31.6 Å². The second-order valence-corrected chi connectivity index (χ2v) is 6.42. The van der Waals surface area contributed by atoms with Crippen molar-refractivity contribution in [1.29, 1.82) is 0 Å². The summed E-state index contributed by atoms with van der Waals surface area (Å²) < 4.78 is 5.62. The van der Waals surface area contributed by atoms with Crippen LogP contribution >= 0.6 is 0 Å². The number of hydrogen-bond acceptors (Lipinski definition) is 4. The largest absolute Gasteiger partial charge is 0.366 e. The molecule has 0 bridgehead atoms. The molecule has 1 unspecified atom stereocenters. The molecule has 1 amide bonds. The number of amides is 1. The van der Waals surface area contributed by atoms with Gasteiger partial charge in [-0.05, 0) is 37.9 Å². The number of nitrogens with zero attached hydrogens (tertiary/aromatic N) is 2. The van der Waals surface area contributed by atoms with Crippen molar-refractivity contribution in [2.45, 2.75) is 38.2 Å². The summed E-state index contributed by atoms with van der Waals surface area (Å²) in [5.74, 6) is 0.0120. The van der Waals surface area contributed by atoms with Crippen molar-refractivity contribution in [3.8, 4) is 0 Å². The van der Waals surface area contributed by atoms with Crippen LogP contribution in [-0.4, -0.2) is 54.7 Å². The third-order valence-electron chi connectivity index (χ3n) is 4.86. The van der Waals surface area contributed by atoms with Gasteiger partial charge in [0.25, 0.3) is 5.91 Å². The molecule has 1 N–H and O–H groups in total. The molecular formula is C17H25N3O2. The van der Waals surface area contributed by atoms with E-state index in [0.29, 0.717) is 19.7 Å². The average Bonchev–Trinajstić information content (AvgIpc) is 3.34. The summed E-state index contributed by atoms with van der Waals surface area (Å²) in [6, 6.07) is 4.05. The molecule has 0 radical (unpaired) electrons. The lowest BCUT2D eigenvalue weighted by Crippen LogP contribution is -2.50. The topological polar surface area (TPSA) is 54.5 Å². The van der Waals surface area contributed by atoms with Gasteiger partial charge in [-0.25, -0.2) is 0 Å². The molecule has 22 heavy (non-hydrogen) atoms. The summed E-state index contributed by atoms with van der Waals surface area (Å²) in [7, 11) is 0. The van der Waals surface area contributed by atoms with Crippen molar-refractivity contribution in [2.75, 3.05) is 32.8 Å². The van der Waals surface area contributed by atoms with Crippen molar-refractivity contribution in [3.05, 3.63) is 29.6 Å². The first-order valence-corrected chi connectivity index (χ1v) is 8.18. The highest BCUT2D eigenvalue weighted by Crippen LogP contribution is 2.47. The molecule has 3 rings (SSSR count). The van der Waals surface area contributed by atoms with Crippen LogP contribution in [0.4, 0.5) is 0 Å². The fourth-order valence-corrected chi connectivity index (χ4v) is 3.21. The van der Waals surface area contributed by atoms with Gasteiger partial charge >= 0.3 is 0 Å². The molecule has 1 aliphatic carbocycles. The molecule has 0 aromatic carbocycles. The maximum Gasteiger partial charge on any atom is 0.250 e. The van der Waals surface area contributed by atoms with Crippen LogP contribution in [0.3, 0.4) is 0 Å². The Morgan fingerprint density at radius 3 is 3.05 bits per heavy atom. The number of morpholine rings is 1. The molecule has 1 saturated carbocycles. The minimum Gasteiger partial charge on any atom is -0.366 e. The number of hydrogen-bond donors (Lipinski definition) is 1. The Hall–Kier alpha value is -1.46. The smallest absolute Gasteiger partial charge is 0.250 e. The standard InChI is InChI=1S/C17H25N3O2/c1-3-20-9-10-22-14(11-20)16(21)19-12-17(6-7-17)15-13(2)5-4-8-18-15/h4-5,8,14H,3,6-7,9-12H2,1-2H3,(H,19,21). The highest BCUT2D eigenvalue weighted by Gasteiger charge is 2.46. The quantitative estimate of drug-likeness (QED) is 0.890. The lowest BCUT2D eigenvalue weighted by Gasteiger charge is -2.31. The lowest BCUT2D eigenvalue weighted by atomic mass is 9.97. The van der Waals surface area contributed by atoms with Crippen LogP contribution < -0.4 is 5.32 Å². The third-order valence-corrected chi connectivity index (χ3v) is 4.86. The van der Waals surface area contributed by atoms with E-state index in [1.54, 1.807) is 0 Å². The Morgan fingerprint density at radius 1 is 1.55 bits per heavy atom. The number of rotatable bonds is 5. The SMILES string of the molecule is CCN1CCOC(C(=O)NCC2(c3ncccc3C)CC2)C1. The molecule has 1 aliphatic heterocycles. The van der Waals surface area contributed by atoms with E-state index >= 15 is 0 Å². The minimum absolute atomic E-state index is 0.0120. The first-order chi connectivity index (χ1) is 10.6. The van der Waals surface area contributed by atoms with E-state index in [1.807, 2.05) is 12.3 Å². The van der Waals surface area contributed by atoms with E-state index in [-0.39, 0.29) is 17.4 Å². The van der Waals surface area contributed by atoms with Gasteiger partial charge in [0.1, 0.15) is 6.10 Å². The molecule has 5 nitrogen and oxygen atoms in total. The molecule has 0 spiro atoms. The van der Waals surface area contributed by atoms with Crippen LogP contribution in [0.5, 0.6) is 0 Å². The summed E-state index contributed by atoms with van der Waals surface area (Å²) >= 11 is 0. The predicted octanol–water partition coefficient (Wildman–Crippen LogP) is 1.26. The number of pyridine rings is 1. The molecule has 1 aromatic rings. The second-order valence-electron chi connectivity index (χ2n) is 6.42. The van der Waals surface area contributed by atoms with Gasteiger partial charge in [-0.2, -0.15) is 0 Å². The van der Waals surface area contributed by atoms with Crippen molar-refractivity contribution in [2.24, 2.45) is 0 Å². The van der Waals surface area contributed by atoms with Gasteiger partial charge < -0.3 is 10.1 Å². The van der Waals surface area contributed by atoms with Gasteiger partial charge in [0.2, 0.25) is 0 Å². The van der Waals surface area contributed by atoms with E-state index < -0.39 is 0 Å². The van der Waals surface area contributed by atoms with Crippen molar-refractivity contribution < 1.29 is 9.53 Å². The minimum atomic E-state index is -0.339. The summed E-state index contributed by atoms with van der Waals surface area (Å²) in [6.45, 7) is 8.07. The van der Waals surface area contributed by atoms with Crippen molar-refractivity contribution >= 4 is 5.91 Å². The number of likely N-dealkylation sites (N-methyl/N-ethyl adjacent to an activating group) is 1. The van der Waals surface area contributed by atoms with Crippen molar-refractivity contribution in [3.63, 3.8) is 0 Å². The van der Waals surface area contributed by atoms with Crippen LogP contribution in [0.15, 0.2) is 18.3 Å². The zero-order valence-electron chi connectivity index (χ0n) is 13.5. The van der Waals surface area contributed by atoms with E-state index in [1.165, 1.54) is 5.56 Å². The van der Waals surface area contributed by atoms with Crippen LogP contribution in [0.2, 0.25) is 0 Å². The van der Waals surface area contributed by atoms with Crippen LogP contribution in [-0.2, 0) is 14.9 Å². The molecular weight excluding hydrogens is 278 g/mol. The Labute approximate surface area is 132 Å². The number of aryl methyl sites for hydroxylation is 1. The van der Waals surface area contributed by atoms with Gasteiger partial charge in [0.05, 0.1) is 12.3 Å². The molecule has 120 valence electrons. The Morgan fingerprint density at radius 2 is 2.36 bits per heavy atom. The molecule has 1 aromatic heterocycles. The maximum atomic E-state index is 12.4. The fraction of sp³-hybridized carbons (Fsp3) is 0.647.